The zero-order valence-electron chi connectivity index (χ0n) is 9.05. The van der Waals surface area contributed by atoms with Gasteiger partial charge < -0.3 is 4.84 Å². The number of rotatable bonds is 4. The molecule has 0 saturated heterocycles. The van der Waals surface area contributed by atoms with Crippen molar-refractivity contribution >= 4 is 5.71 Å². The molecule has 1 aliphatic carbocycles. The van der Waals surface area contributed by atoms with E-state index in [9.17, 15) is 0 Å². The van der Waals surface area contributed by atoms with Crippen molar-refractivity contribution in [3.63, 3.8) is 0 Å². The highest BCUT2D eigenvalue weighted by molar-refractivity contribution is 5.86. The molecule has 76 valence electrons. The Balaban J connectivity index is 2.50. The summed E-state index contributed by atoms with van der Waals surface area (Å²) in [6.07, 6.45) is 6.46. The van der Waals surface area contributed by atoms with Gasteiger partial charge in [-0.1, -0.05) is 31.8 Å². The zero-order valence-corrected chi connectivity index (χ0v) is 9.05. The maximum absolute atomic E-state index is 4.91. The highest BCUT2D eigenvalue weighted by Gasteiger charge is 2.21. The van der Waals surface area contributed by atoms with Gasteiger partial charge in [0.15, 0.2) is 0 Å². The lowest BCUT2D eigenvalue weighted by molar-refractivity contribution is 0.209. The smallest absolute Gasteiger partial charge is 0.106 e. The molecule has 0 amide bonds. The van der Waals surface area contributed by atoms with Crippen LogP contribution in [0.3, 0.4) is 0 Å². The first kappa shape index (κ1) is 10.6. The van der Waals surface area contributed by atoms with Crippen LogP contribution in [0.4, 0.5) is 0 Å². The van der Waals surface area contributed by atoms with Crippen molar-refractivity contribution in [2.24, 2.45) is 17.0 Å². The Morgan fingerprint density at radius 2 is 2.00 bits per heavy atom. The lowest BCUT2D eigenvalue weighted by Crippen LogP contribution is -2.14. The molecule has 0 spiro atoms. The molecule has 0 radical (unpaired) electrons. The first-order valence-electron chi connectivity index (χ1n) is 5.34. The second-order valence-electron chi connectivity index (χ2n) is 4.34. The predicted octanol–water partition coefficient (Wildman–Crippen LogP) is 3.23. The summed E-state index contributed by atoms with van der Waals surface area (Å²) in [6, 6.07) is 0. The summed E-state index contributed by atoms with van der Waals surface area (Å²) in [5.41, 5.74) is 1.29. The molecule has 0 heterocycles. The Morgan fingerprint density at radius 1 is 1.38 bits per heavy atom. The van der Waals surface area contributed by atoms with E-state index in [0.29, 0.717) is 11.8 Å². The molecule has 0 aliphatic heterocycles. The molecule has 0 bridgehead atoms. The summed E-state index contributed by atoms with van der Waals surface area (Å²) in [7, 11) is 1.65. The van der Waals surface area contributed by atoms with E-state index in [-0.39, 0.29) is 0 Å². The van der Waals surface area contributed by atoms with Crippen molar-refractivity contribution in [1.82, 2.24) is 0 Å². The van der Waals surface area contributed by atoms with Gasteiger partial charge in [-0.25, -0.2) is 0 Å². The fraction of sp³-hybridized carbons (Fsp3) is 0.909. The van der Waals surface area contributed by atoms with Gasteiger partial charge in [0.2, 0.25) is 0 Å². The molecule has 0 atom stereocenters. The second-order valence-corrected chi connectivity index (χ2v) is 4.34. The molecule has 1 aliphatic rings. The average molecular weight is 183 g/mol. The van der Waals surface area contributed by atoms with Crippen LogP contribution in [0, 0.1) is 11.8 Å². The molecule has 1 rings (SSSR count). The van der Waals surface area contributed by atoms with Gasteiger partial charge in [0.1, 0.15) is 7.11 Å². The largest absolute Gasteiger partial charge is 0.399 e. The van der Waals surface area contributed by atoms with Gasteiger partial charge in [-0.2, -0.15) is 0 Å². The maximum Gasteiger partial charge on any atom is 0.106 e. The lowest BCUT2D eigenvalue weighted by atomic mass is 9.94. The average Bonchev–Trinajstić information content (AvgIpc) is 2.54. The molecule has 0 aromatic rings. The van der Waals surface area contributed by atoms with Crippen LogP contribution in [0.2, 0.25) is 0 Å². The monoisotopic (exact) mass is 183 g/mol. The van der Waals surface area contributed by atoms with E-state index in [1.807, 2.05) is 0 Å². The van der Waals surface area contributed by atoms with Gasteiger partial charge in [-0.3, -0.25) is 0 Å². The number of nitrogens with zero attached hydrogens (tertiary/aromatic N) is 1. The summed E-state index contributed by atoms with van der Waals surface area (Å²) in [5, 5.41) is 4.16. The normalized spacial score (nSPS) is 19.8. The third-order valence-electron chi connectivity index (χ3n) is 2.65. The molecule has 2 nitrogen and oxygen atoms in total. The van der Waals surface area contributed by atoms with E-state index >= 15 is 0 Å². The van der Waals surface area contributed by atoms with Gasteiger partial charge in [-0.05, 0) is 25.2 Å². The highest BCUT2D eigenvalue weighted by Crippen LogP contribution is 2.28. The lowest BCUT2D eigenvalue weighted by Gasteiger charge is -2.13. The highest BCUT2D eigenvalue weighted by atomic mass is 16.6. The SMILES string of the molecule is CO/N=C(\CC(C)C)C1CCCC1. The molecular weight excluding hydrogens is 162 g/mol. The Labute approximate surface area is 81.3 Å². The standard InChI is InChI=1S/C11H21NO/c1-9(2)8-11(12-13-3)10-6-4-5-7-10/h9-10H,4-8H2,1-3H3/b12-11+. The molecule has 0 N–H and O–H groups in total. The van der Waals surface area contributed by atoms with Gasteiger partial charge in [0.25, 0.3) is 0 Å². The van der Waals surface area contributed by atoms with Crippen molar-refractivity contribution in [2.75, 3.05) is 7.11 Å². The molecule has 13 heavy (non-hydrogen) atoms. The van der Waals surface area contributed by atoms with E-state index in [1.165, 1.54) is 31.4 Å². The minimum Gasteiger partial charge on any atom is -0.399 e. The third-order valence-corrected chi connectivity index (χ3v) is 2.65. The molecule has 1 fully saturated rings. The van der Waals surface area contributed by atoms with Gasteiger partial charge in [0.05, 0.1) is 5.71 Å². The molecular formula is C11H21NO. The summed E-state index contributed by atoms with van der Waals surface area (Å²) < 4.78 is 0. The minimum atomic E-state index is 0.689. The maximum atomic E-state index is 4.91. The van der Waals surface area contributed by atoms with E-state index < -0.39 is 0 Å². The van der Waals surface area contributed by atoms with Gasteiger partial charge >= 0.3 is 0 Å². The van der Waals surface area contributed by atoms with Crippen molar-refractivity contribution in [1.29, 1.82) is 0 Å². The van der Waals surface area contributed by atoms with E-state index in [1.54, 1.807) is 7.11 Å². The number of hydrogen-bond acceptors (Lipinski definition) is 2. The third kappa shape index (κ3) is 3.37. The molecule has 0 unspecified atom stereocenters. The summed E-state index contributed by atoms with van der Waals surface area (Å²) in [5.74, 6) is 1.40. The van der Waals surface area contributed by atoms with Gasteiger partial charge in [0, 0.05) is 5.92 Å². The van der Waals surface area contributed by atoms with Crippen molar-refractivity contribution in [3.8, 4) is 0 Å². The van der Waals surface area contributed by atoms with Crippen molar-refractivity contribution in [3.05, 3.63) is 0 Å². The topological polar surface area (TPSA) is 21.6 Å². The van der Waals surface area contributed by atoms with Crippen LogP contribution >= 0.6 is 0 Å². The Bertz CT molecular complexity index is 169. The van der Waals surface area contributed by atoms with Crippen molar-refractivity contribution in [2.45, 2.75) is 46.0 Å². The summed E-state index contributed by atoms with van der Waals surface area (Å²) in [6.45, 7) is 4.47. The first-order chi connectivity index (χ1) is 6.24. The van der Waals surface area contributed by atoms with E-state index in [0.717, 1.165) is 6.42 Å². The first-order valence-corrected chi connectivity index (χ1v) is 5.34. The Hall–Kier alpha value is -0.530. The second kappa shape index (κ2) is 5.25. The molecule has 0 aromatic heterocycles. The zero-order chi connectivity index (χ0) is 9.68. The quantitative estimate of drug-likeness (QED) is 0.484. The molecule has 2 heteroatoms. The predicted molar refractivity (Wildman–Crippen MR) is 55.9 cm³/mol. The fourth-order valence-electron chi connectivity index (χ4n) is 2.07. The van der Waals surface area contributed by atoms with Crippen molar-refractivity contribution < 1.29 is 4.84 Å². The van der Waals surface area contributed by atoms with E-state index in [4.69, 9.17) is 4.84 Å². The Morgan fingerprint density at radius 3 is 2.46 bits per heavy atom. The van der Waals surface area contributed by atoms with Crippen LogP contribution < -0.4 is 0 Å². The summed E-state index contributed by atoms with van der Waals surface area (Å²) in [4.78, 5) is 4.91. The van der Waals surface area contributed by atoms with Crippen LogP contribution in [0.5, 0.6) is 0 Å². The fourth-order valence-corrected chi connectivity index (χ4v) is 2.07. The van der Waals surface area contributed by atoms with Crippen LogP contribution in [0.15, 0.2) is 5.16 Å². The van der Waals surface area contributed by atoms with Crippen LogP contribution in [0.25, 0.3) is 0 Å². The molecule has 1 saturated carbocycles. The van der Waals surface area contributed by atoms with Crippen LogP contribution in [-0.2, 0) is 4.84 Å². The Kier molecular flexibility index (Phi) is 4.26. The van der Waals surface area contributed by atoms with Crippen LogP contribution in [-0.4, -0.2) is 12.8 Å². The van der Waals surface area contributed by atoms with Crippen LogP contribution in [0.1, 0.15) is 46.0 Å². The number of hydrogen-bond donors (Lipinski definition) is 0. The van der Waals surface area contributed by atoms with Gasteiger partial charge in [-0.15, -0.1) is 0 Å². The minimum absolute atomic E-state index is 0.689. The van der Waals surface area contributed by atoms with E-state index in [2.05, 4.69) is 19.0 Å². The number of oxime groups is 1. The molecule has 0 aromatic carbocycles. The summed E-state index contributed by atoms with van der Waals surface area (Å²) >= 11 is 0.